The summed E-state index contributed by atoms with van der Waals surface area (Å²) >= 11 is 0. The highest BCUT2D eigenvalue weighted by atomic mass is 32.2. The first-order valence-electron chi connectivity index (χ1n) is 6.55. The summed E-state index contributed by atoms with van der Waals surface area (Å²) in [6.07, 6.45) is 3.67. The van der Waals surface area contributed by atoms with Gasteiger partial charge in [0.25, 0.3) is 0 Å². The molecule has 3 rings (SSSR count). The van der Waals surface area contributed by atoms with Gasteiger partial charge in [-0.2, -0.15) is 0 Å². The predicted octanol–water partition coefficient (Wildman–Crippen LogP) is 1.04. The molecular formula is C12H19N3O2S. The van der Waals surface area contributed by atoms with E-state index >= 15 is 0 Å². The molecule has 18 heavy (non-hydrogen) atoms. The zero-order valence-corrected chi connectivity index (χ0v) is 11.4. The van der Waals surface area contributed by atoms with Crippen molar-refractivity contribution in [3.63, 3.8) is 0 Å². The summed E-state index contributed by atoms with van der Waals surface area (Å²) in [5.41, 5.74) is 1.90. The molecule has 0 spiro atoms. The molecule has 1 aliphatic heterocycles. The molecule has 1 atom stereocenters. The number of nitrogens with one attached hydrogen (secondary N) is 2. The maximum absolute atomic E-state index is 11.7. The Morgan fingerprint density at radius 3 is 2.72 bits per heavy atom. The molecule has 1 saturated heterocycles. The molecule has 2 heterocycles. The smallest absolute Gasteiger partial charge is 0.153 e. The normalized spacial score (nSPS) is 27.9. The van der Waals surface area contributed by atoms with E-state index in [9.17, 15) is 8.42 Å². The van der Waals surface area contributed by atoms with Crippen LogP contribution in [-0.4, -0.2) is 36.4 Å². The molecule has 1 unspecified atom stereocenters. The number of aromatic amines is 1. The van der Waals surface area contributed by atoms with Crippen LogP contribution in [0.25, 0.3) is 0 Å². The maximum Gasteiger partial charge on any atom is 0.153 e. The Hall–Kier alpha value is -0.880. The van der Waals surface area contributed by atoms with Gasteiger partial charge in [0, 0.05) is 18.2 Å². The Bertz CT molecular complexity index is 546. The minimum Gasteiger partial charge on any atom is -0.346 e. The van der Waals surface area contributed by atoms with Gasteiger partial charge in [-0.3, -0.25) is 0 Å². The molecule has 2 aliphatic rings. The van der Waals surface area contributed by atoms with Crippen LogP contribution in [0, 0.1) is 6.92 Å². The average molecular weight is 269 g/mol. The number of aryl methyl sites for hydroxylation is 1. The van der Waals surface area contributed by atoms with Crippen LogP contribution in [0.4, 0.5) is 0 Å². The first kappa shape index (κ1) is 12.2. The van der Waals surface area contributed by atoms with Crippen LogP contribution in [0.15, 0.2) is 0 Å². The average Bonchev–Trinajstić information content (AvgIpc) is 2.56. The van der Waals surface area contributed by atoms with Gasteiger partial charge in [-0.05, 0) is 19.8 Å². The number of hydrogen-bond acceptors (Lipinski definition) is 4. The highest BCUT2D eigenvalue weighted by molar-refractivity contribution is 7.91. The first-order valence-corrected chi connectivity index (χ1v) is 8.37. The lowest BCUT2D eigenvalue weighted by Gasteiger charge is -2.24. The van der Waals surface area contributed by atoms with Gasteiger partial charge in [-0.25, -0.2) is 13.4 Å². The van der Waals surface area contributed by atoms with Crippen molar-refractivity contribution in [1.82, 2.24) is 15.3 Å². The molecule has 2 N–H and O–H groups in total. The van der Waals surface area contributed by atoms with Crippen molar-refractivity contribution in [3.8, 4) is 0 Å². The third kappa shape index (κ3) is 2.19. The Labute approximate surface area is 107 Å². The standard InChI is InChI=1S/C12H19N3O2S/c1-8-11(10-7-18(16,17)6-5-13-10)15-12(14-8)9-3-2-4-9/h9-10,13H,2-7H2,1H3,(H,14,15). The summed E-state index contributed by atoms with van der Waals surface area (Å²) < 4.78 is 23.4. The fourth-order valence-electron chi connectivity index (χ4n) is 2.67. The molecule has 1 aromatic heterocycles. The first-order chi connectivity index (χ1) is 8.55. The van der Waals surface area contributed by atoms with E-state index in [-0.39, 0.29) is 17.5 Å². The Kier molecular flexibility index (Phi) is 2.94. The molecule has 0 radical (unpaired) electrons. The third-order valence-electron chi connectivity index (χ3n) is 3.99. The summed E-state index contributed by atoms with van der Waals surface area (Å²) in [5.74, 6) is 2.00. The molecule has 1 saturated carbocycles. The van der Waals surface area contributed by atoms with Crippen molar-refractivity contribution < 1.29 is 8.42 Å². The molecular weight excluding hydrogens is 250 g/mol. The number of nitrogens with zero attached hydrogens (tertiary/aromatic N) is 1. The van der Waals surface area contributed by atoms with E-state index in [2.05, 4.69) is 15.3 Å². The summed E-state index contributed by atoms with van der Waals surface area (Å²) in [5, 5.41) is 3.26. The highest BCUT2D eigenvalue weighted by Gasteiger charge is 2.30. The van der Waals surface area contributed by atoms with Crippen molar-refractivity contribution in [2.45, 2.75) is 38.1 Å². The van der Waals surface area contributed by atoms with E-state index in [0.717, 1.165) is 17.2 Å². The quantitative estimate of drug-likeness (QED) is 0.841. The molecule has 0 aromatic carbocycles. The highest BCUT2D eigenvalue weighted by Crippen LogP contribution is 2.35. The molecule has 5 nitrogen and oxygen atoms in total. The van der Waals surface area contributed by atoms with Gasteiger partial charge in [0.1, 0.15) is 5.82 Å². The zero-order valence-electron chi connectivity index (χ0n) is 10.6. The van der Waals surface area contributed by atoms with Crippen molar-refractivity contribution in [2.24, 2.45) is 0 Å². The third-order valence-corrected chi connectivity index (χ3v) is 5.65. The van der Waals surface area contributed by atoms with Crippen LogP contribution >= 0.6 is 0 Å². The van der Waals surface area contributed by atoms with E-state index < -0.39 is 9.84 Å². The van der Waals surface area contributed by atoms with E-state index in [0.29, 0.717) is 12.5 Å². The van der Waals surface area contributed by atoms with Crippen molar-refractivity contribution in [3.05, 3.63) is 17.2 Å². The monoisotopic (exact) mass is 269 g/mol. The lowest BCUT2D eigenvalue weighted by atomic mass is 9.85. The number of hydrogen-bond donors (Lipinski definition) is 2. The fraction of sp³-hybridized carbons (Fsp3) is 0.750. The van der Waals surface area contributed by atoms with Crippen LogP contribution in [-0.2, 0) is 9.84 Å². The molecule has 100 valence electrons. The number of H-pyrrole nitrogens is 1. The summed E-state index contributed by atoms with van der Waals surface area (Å²) in [4.78, 5) is 7.96. The number of aromatic nitrogens is 2. The van der Waals surface area contributed by atoms with Crippen LogP contribution in [0.3, 0.4) is 0 Å². The summed E-state index contributed by atoms with van der Waals surface area (Å²) in [6, 6.07) is -0.145. The summed E-state index contributed by atoms with van der Waals surface area (Å²) in [7, 11) is -2.92. The summed E-state index contributed by atoms with van der Waals surface area (Å²) in [6.45, 7) is 2.51. The lowest BCUT2D eigenvalue weighted by molar-refractivity contribution is 0.402. The van der Waals surface area contributed by atoms with Crippen LogP contribution < -0.4 is 5.32 Å². The van der Waals surface area contributed by atoms with Crippen molar-refractivity contribution in [1.29, 1.82) is 0 Å². The van der Waals surface area contributed by atoms with Gasteiger partial charge < -0.3 is 10.3 Å². The van der Waals surface area contributed by atoms with Crippen LogP contribution in [0.5, 0.6) is 0 Å². The van der Waals surface area contributed by atoms with E-state index in [1.165, 1.54) is 19.3 Å². The Balaban J connectivity index is 1.84. The van der Waals surface area contributed by atoms with Gasteiger partial charge in [0.2, 0.25) is 0 Å². The largest absolute Gasteiger partial charge is 0.346 e. The Morgan fingerprint density at radius 1 is 1.33 bits per heavy atom. The minimum absolute atomic E-state index is 0.145. The molecule has 6 heteroatoms. The van der Waals surface area contributed by atoms with Crippen molar-refractivity contribution >= 4 is 9.84 Å². The van der Waals surface area contributed by atoms with Gasteiger partial charge in [-0.1, -0.05) is 6.42 Å². The van der Waals surface area contributed by atoms with Gasteiger partial charge >= 0.3 is 0 Å². The van der Waals surface area contributed by atoms with Crippen LogP contribution in [0.1, 0.15) is 48.4 Å². The fourth-order valence-corrected chi connectivity index (χ4v) is 4.05. The van der Waals surface area contributed by atoms with E-state index in [1.807, 2.05) is 6.92 Å². The number of imidazole rings is 1. The molecule has 2 fully saturated rings. The molecule has 1 aliphatic carbocycles. The Morgan fingerprint density at radius 2 is 2.11 bits per heavy atom. The second kappa shape index (κ2) is 4.35. The van der Waals surface area contributed by atoms with E-state index in [1.54, 1.807) is 0 Å². The topological polar surface area (TPSA) is 74.8 Å². The maximum atomic E-state index is 11.7. The van der Waals surface area contributed by atoms with Crippen LogP contribution in [0.2, 0.25) is 0 Å². The van der Waals surface area contributed by atoms with Gasteiger partial charge in [0.05, 0.1) is 23.2 Å². The number of sulfone groups is 1. The number of rotatable bonds is 2. The second-order valence-electron chi connectivity index (χ2n) is 5.38. The van der Waals surface area contributed by atoms with Gasteiger partial charge in [0.15, 0.2) is 9.84 Å². The van der Waals surface area contributed by atoms with Gasteiger partial charge in [-0.15, -0.1) is 0 Å². The zero-order chi connectivity index (χ0) is 12.8. The van der Waals surface area contributed by atoms with E-state index in [4.69, 9.17) is 0 Å². The molecule has 1 aromatic rings. The predicted molar refractivity (Wildman–Crippen MR) is 69.3 cm³/mol. The van der Waals surface area contributed by atoms with Crippen molar-refractivity contribution in [2.75, 3.05) is 18.1 Å². The molecule has 0 bridgehead atoms. The SMILES string of the molecule is Cc1[nH]c(C2CCC2)nc1C1CS(=O)(=O)CCN1. The minimum atomic E-state index is -2.92. The molecule has 0 amide bonds. The lowest BCUT2D eigenvalue weighted by Crippen LogP contribution is -2.39. The second-order valence-corrected chi connectivity index (χ2v) is 7.61.